The number of carbonyl (C=O) groups is 2. The number of aromatic nitrogens is 3. The van der Waals surface area contributed by atoms with E-state index in [4.69, 9.17) is 10.7 Å². The summed E-state index contributed by atoms with van der Waals surface area (Å²) in [6, 6.07) is 2.24. The van der Waals surface area contributed by atoms with Crippen molar-refractivity contribution in [1.82, 2.24) is 25.2 Å². The van der Waals surface area contributed by atoms with Gasteiger partial charge < -0.3 is 16.4 Å². The highest BCUT2D eigenvalue weighted by molar-refractivity contribution is 6.14. The minimum absolute atomic E-state index is 0.204. The third kappa shape index (κ3) is 3.82. The number of rotatable bonds is 5. The Bertz CT molecular complexity index is 1000. The van der Waals surface area contributed by atoms with Crippen molar-refractivity contribution in [1.29, 1.82) is 0 Å². The van der Waals surface area contributed by atoms with E-state index >= 15 is 0 Å². The Morgan fingerprint density at radius 2 is 1.97 bits per heavy atom. The molecule has 2 aliphatic carbocycles. The Morgan fingerprint density at radius 3 is 2.66 bits per heavy atom. The molecule has 2 saturated carbocycles. The van der Waals surface area contributed by atoms with Gasteiger partial charge in [-0.25, -0.2) is 14.3 Å². The number of amides is 3. The van der Waals surface area contributed by atoms with E-state index in [1.54, 1.807) is 12.3 Å². The zero-order valence-electron chi connectivity index (χ0n) is 16.1. The van der Waals surface area contributed by atoms with Gasteiger partial charge in [0.25, 0.3) is 5.91 Å². The van der Waals surface area contributed by atoms with Crippen molar-refractivity contribution in [3.8, 4) is 0 Å². The van der Waals surface area contributed by atoms with Crippen LogP contribution in [0.15, 0.2) is 18.0 Å². The number of hydrogen-bond acceptors (Lipinski definition) is 6. The molecule has 29 heavy (non-hydrogen) atoms. The van der Waals surface area contributed by atoms with Crippen molar-refractivity contribution in [2.45, 2.75) is 57.0 Å². The molecule has 9 heteroatoms. The van der Waals surface area contributed by atoms with Crippen LogP contribution in [0.5, 0.6) is 0 Å². The van der Waals surface area contributed by atoms with Gasteiger partial charge in [0.2, 0.25) is 0 Å². The van der Waals surface area contributed by atoms with Gasteiger partial charge in [0.05, 0.1) is 6.20 Å². The maximum atomic E-state index is 11.9. The summed E-state index contributed by atoms with van der Waals surface area (Å²) in [4.78, 5) is 28.1. The Balaban J connectivity index is 1.49. The summed E-state index contributed by atoms with van der Waals surface area (Å²) in [6.07, 6.45) is 10.9. The molecule has 2 aromatic heterocycles. The number of nitrogens with one attached hydrogen (secondary N) is 3. The molecule has 0 unspecified atom stereocenters. The highest BCUT2D eigenvalue weighted by Crippen LogP contribution is 2.33. The largest absolute Gasteiger partial charge is 0.367 e. The van der Waals surface area contributed by atoms with Crippen LogP contribution in [0.4, 0.5) is 10.6 Å². The van der Waals surface area contributed by atoms with Crippen LogP contribution in [-0.2, 0) is 11.2 Å². The molecule has 2 aromatic rings. The van der Waals surface area contributed by atoms with Crippen LogP contribution in [0.25, 0.3) is 11.7 Å². The SMILES string of the molecule is N[C@H]1CC[C@H](Nc2cc(CC3CC3)n3ncc(/C=C4\NC(=O)NC4=O)c3n2)CC1. The molecule has 0 bridgehead atoms. The number of hydrogen-bond donors (Lipinski definition) is 4. The predicted molar refractivity (Wildman–Crippen MR) is 108 cm³/mol. The van der Waals surface area contributed by atoms with E-state index in [1.807, 2.05) is 4.52 Å². The third-order valence-electron chi connectivity index (χ3n) is 5.91. The van der Waals surface area contributed by atoms with Gasteiger partial charge in [-0.2, -0.15) is 5.10 Å². The molecule has 1 saturated heterocycles. The topological polar surface area (TPSA) is 126 Å². The fourth-order valence-electron chi connectivity index (χ4n) is 4.09. The summed E-state index contributed by atoms with van der Waals surface area (Å²) >= 11 is 0. The molecule has 9 nitrogen and oxygen atoms in total. The standard InChI is InChI=1S/C20H25N7O2/c21-13-3-5-14(6-4-13)23-17-9-15(7-11-1-2-11)27-18(25-17)12(10-22-27)8-16-19(28)26-20(29)24-16/h8-11,13-14H,1-7,21H2,(H,23,25)(H2,24,26,28,29)/b16-8-/t13-,14-. The fraction of sp³-hybridized carbons (Fsp3) is 0.500. The summed E-state index contributed by atoms with van der Waals surface area (Å²) in [6.45, 7) is 0. The summed E-state index contributed by atoms with van der Waals surface area (Å²) in [5, 5.41) is 12.8. The lowest BCUT2D eigenvalue weighted by Crippen LogP contribution is -2.33. The first-order valence-electron chi connectivity index (χ1n) is 10.3. The molecule has 152 valence electrons. The minimum atomic E-state index is -0.516. The first-order valence-corrected chi connectivity index (χ1v) is 10.3. The average Bonchev–Trinajstić information content (AvgIpc) is 3.33. The van der Waals surface area contributed by atoms with E-state index in [9.17, 15) is 9.59 Å². The van der Waals surface area contributed by atoms with Crippen LogP contribution in [0, 0.1) is 5.92 Å². The van der Waals surface area contributed by atoms with E-state index < -0.39 is 11.9 Å². The number of anilines is 1. The maximum absolute atomic E-state index is 11.9. The van der Waals surface area contributed by atoms with Crippen molar-refractivity contribution in [2.24, 2.45) is 11.7 Å². The van der Waals surface area contributed by atoms with Gasteiger partial charge in [0, 0.05) is 29.4 Å². The van der Waals surface area contributed by atoms with Crippen molar-refractivity contribution >= 4 is 29.5 Å². The highest BCUT2D eigenvalue weighted by atomic mass is 16.2. The Hall–Kier alpha value is -2.94. The van der Waals surface area contributed by atoms with Crippen LogP contribution in [-0.4, -0.2) is 38.6 Å². The molecule has 1 aliphatic heterocycles. The lowest BCUT2D eigenvalue weighted by atomic mass is 9.92. The van der Waals surface area contributed by atoms with Gasteiger partial charge in [0.15, 0.2) is 5.65 Å². The summed E-state index contributed by atoms with van der Waals surface area (Å²) in [5.41, 5.74) is 8.72. The third-order valence-corrected chi connectivity index (χ3v) is 5.91. The molecule has 5 rings (SSSR count). The molecule has 0 radical (unpaired) electrons. The normalized spacial score (nSPS) is 26.0. The number of urea groups is 1. The summed E-state index contributed by atoms with van der Waals surface area (Å²) in [5.74, 6) is 1.08. The van der Waals surface area contributed by atoms with Gasteiger partial charge in [-0.3, -0.25) is 10.1 Å². The van der Waals surface area contributed by atoms with Gasteiger partial charge in [0.1, 0.15) is 11.5 Å². The van der Waals surface area contributed by atoms with Crippen LogP contribution < -0.4 is 21.7 Å². The lowest BCUT2D eigenvalue weighted by Gasteiger charge is -2.27. The number of fused-ring (bicyclic) bond motifs is 1. The highest BCUT2D eigenvalue weighted by Gasteiger charge is 2.26. The molecule has 0 aromatic carbocycles. The lowest BCUT2D eigenvalue weighted by molar-refractivity contribution is -0.115. The zero-order valence-corrected chi connectivity index (χ0v) is 16.1. The second kappa shape index (κ2) is 7.14. The van der Waals surface area contributed by atoms with Gasteiger partial charge >= 0.3 is 6.03 Å². The van der Waals surface area contributed by atoms with Crippen molar-refractivity contribution in [3.05, 3.63) is 29.2 Å². The van der Waals surface area contributed by atoms with E-state index in [2.05, 4.69) is 27.1 Å². The first kappa shape index (κ1) is 18.1. The zero-order chi connectivity index (χ0) is 20.0. The van der Waals surface area contributed by atoms with Gasteiger partial charge in [-0.05, 0) is 56.9 Å². The van der Waals surface area contributed by atoms with Crippen LogP contribution in [0.1, 0.15) is 49.8 Å². The minimum Gasteiger partial charge on any atom is -0.367 e. The molecule has 0 atom stereocenters. The number of carbonyl (C=O) groups excluding carboxylic acids is 2. The average molecular weight is 395 g/mol. The molecular weight excluding hydrogens is 370 g/mol. The second-order valence-electron chi connectivity index (χ2n) is 8.34. The van der Waals surface area contributed by atoms with Crippen LogP contribution in [0.3, 0.4) is 0 Å². The fourth-order valence-corrected chi connectivity index (χ4v) is 4.09. The quantitative estimate of drug-likeness (QED) is 0.449. The predicted octanol–water partition coefficient (Wildman–Crippen LogP) is 1.54. The Labute approximate surface area is 168 Å². The molecule has 3 aliphatic rings. The van der Waals surface area contributed by atoms with E-state index in [-0.39, 0.29) is 5.70 Å². The number of nitrogens with zero attached hydrogens (tertiary/aromatic N) is 3. The molecule has 5 N–H and O–H groups in total. The molecular formula is C20H25N7O2. The second-order valence-corrected chi connectivity index (χ2v) is 8.34. The van der Waals surface area contributed by atoms with Gasteiger partial charge in [-0.1, -0.05) is 0 Å². The Kier molecular flexibility index (Phi) is 4.46. The van der Waals surface area contributed by atoms with Crippen molar-refractivity contribution in [2.75, 3.05) is 5.32 Å². The van der Waals surface area contributed by atoms with Gasteiger partial charge in [-0.15, -0.1) is 0 Å². The Morgan fingerprint density at radius 1 is 1.17 bits per heavy atom. The smallest absolute Gasteiger partial charge is 0.326 e. The van der Waals surface area contributed by atoms with Crippen molar-refractivity contribution < 1.29 is 9.59 Å². The van der Waals surface area contributed by atoms with Crippen LogP contribution in [0.2, 0.25) is 0 Å². The molecule has 0 spiro atoms. The maximum Gasteiger partial charge on any atom is 0.326 e. The molecule has 3 heterocycles. The first-order chi connectivity index (χ1) is 14.0. The summed E-state index contributed by atoms with van der Waals surface area (Å²) < 4.78 is 1.85. The summed E-state index contributed by atoms with van der Waals surface area (Å²) in [7, 11) is 0. The van der Waals surface area contributed by atoms with Crippen LogP contribution >= 0.6 is 0 Å². The van der Waals surface area contributed by atoms with E-state index in [0.29, 0.717) is 29.2 Å². The monoisotopic (exact) mass is 395 g/mol. The number of imide groups is 1. The van der Waals surface area contributed by atoms with E-state index in [1.165, 1.54) is 12.8 Å². The number of nitrogens with two attached hydrogens (primary N) is 1. The molecule has 3 amide bonds. The van der Waals surface area contributed by atoms with Crippen molar-refractivity contribution in [3.63, 3.8) is 0 Å². The van der Waals surface area contributed by atoms with E-state index in [0.717, 1.165) is 43.6 Å². The molecule has 3 fully saturated rings.